The summed E-state index contributed by atoms with van der Waals surface area (Å²) in [6, 6.07) is -0.0643. The van der Waals surface area contributed by atoms with E-state index in [1.165, 1.54) is 4.68 Å². The summed E-state index contributed by atoms with van der Waals surface area (Å²) in [5, 5.41) is 7.61. The highest BCUT2D eigenvalue weighted by Crippen LogP contribution is 2.42. The summed E-state index contributed by atoms with van der Waals surface area (Å²) in [5.41, 5.74) is 4.94. The molecule has 1 saturated carbocycles. The summed E-state index contributed by atoms with van der Waals surface area (Å²) >= 11 is 3.23. The first-order valence-electron chi connectivity index (χ1n) is 5.03. The Morgan fingerprint density at radius 2 is 2.40 bits per heavy atom. The molecule has 6 heteroatoms. The average Bonchev–Trinajstić information content (AvgIpc) is 2.46. The van der Waals surface area contributed by atoms with Gasteiger partial charge in [-0.2, -0.15) is 0 Å². The lowest BCUT2D eigenvalue weighted by molar-refractivity contribution is 0.0845. The van der Waals surface area contributed by atoms with Gasteiger partial charge in [0.25, 0.3) is 0 Å². The predicted octanol–water partition coefficient (Wildman–Crippen LogP) is 1.64. The zero-order chi connectivity index (χ0) is 11.1. The first kappa shape index (κ1) is 11.0. The van der Waals surface area contributed by atoms with Gasteiger partial charge in [-0.3, -0.25) is 0 Å². The van der Waals surface area contributed by atoms with Gasteiger partial charge in [-0.1, -0.05) is 5.21 Å². The lowest BCUT2D eigenvalue weighted by atomic mass is 9.81. The van der Waals surface area contributed by atoms with Crippen molar-refractivity contribution in [2.24, 2.45) is 12.8 Å². The van der Waals surface area contributed by atoms with Crippen LogP contribution in [0.5, 0.6) is 0 Å². The second-order valence-electron chi connectivity index (χ2n) is 4.17. The number of rotatable bonds is 1. The molecule has 15 heavy (non-hydrogen) atoms. The summed E-state index contributed by atoms with van der Waals surface area (Å²) in [7, 11) is 1.70. The van der Waals surface area contributed by atoms with Gasteiger partial charge in [0, 0.05) is 19.5 Å². The van der Waals surface area contributed by atoms with Gasteiger partial charge in [0.1, 0.15) is 5.69 Å². The third kappa shape index (κ3) is 1.92. The van der Waals surface area contributed by atoms with Gasteiger partial charge in [-0.25, -0.2) is 9.07 Å². The lowest BCUT2D eigenvalue weighted by Crippen LogP contribution is -2.37. The van der Waals surface area contributed by atoms with Crippen molar-refractivity contribution in [3.8, 4) is 0 Å². The maximum absolute atomic E-state index is 14.7. The highest BCUT2D eigenvalue weighted by atomic mass is 79.9. The van der Waals surface area contributed by atoms with Gasteiger partial charge in [-0.15, -0.1) is 5.10 Å². The van der Waals surface area contributed by atoms with Crippen LogP contribution in [0.1, 0.15) is 31.4 Å². The monoisotopic (exact) mass is 276 g/mol. The van der Waals surface area contributed by atoms with E-state index in [9.17, 15) is 4.39 Å². The fourth-order valence-corrected chi connectivity index (χ4v) is 2.97. The molecule has 0 amide bonds. The van der Waals surface area contributed by atoms with Crippen LogP contribution < -0.4 is 5.73 Å². The Bertz CT molecular complexity index is 347. The van der Waals surface area contributed by atoms with Gasteiger partial charge in [0.2, 0.25) is 0 Å². The van der Waals surface area contributed by atoms with Crippen molar-refractivity contribution in [2.45, 2.75) is 37.4 Å². The third-order valence-electron chi connectivity index (χ3n) is 2.94. The molecule has 1 aromatic heterocycles. The maximum Gasteiger partial charge on any atom is 0.156 e. The largest absolute Gasteiger partial charge is 0.328 e. The molecule has 0 aliphatic heterocycles. The van der Waals surface area contributed by atoms with E-state index in [4.69, 9.17) is 5.73 Å². The summed E-state index contributed by atoms with van der Waals surface area (Å²) in [6.45, 7) is 0. The number of alkyl halides is 1. The van der Waals surface area contributed by atoms with Crippen LogP contribution in [0.2, 0.25) is 0 Å². The Kier molecular flexibility index (Phi) is 2.81. The van der Waals surface area contributed by atoms with E-state index in [1.54, 1.807) is 7.05 Å². The van der Waals surface area contributed by atoms with E-state index in [1.807, 2.05) is 0 Å². The molecular formula is C9H14BrFN4. The van der Waals surface area contributed by atoms with Crippen molar-refractivity contribution >= 4 is 15.9 Å². The predicted molar refractivity (Wildman–Crippen MR) is 57.9 cm³/mol. The topological polar surface area (TPSA) is 56.7 Å². The molecule has 1 heterocycles. The zero-order valence-electron chi connectivity index (χ0n) is 8.58. The molecule has 1 fully saturated rings. The summed E-state index contributed by atoms with van der Waals surface area (Å²) in [5.74, 6) is 0. The minimum atomic E-state index is -1.38. The molecule has 4 nitrogen and oxygen atoms in total. The average molecular weight is 277 g/mol. The lowest BCUT2D eigenvalue weighted by Gasteiger charge is -2.32. The molecular weight excluding hydrogens is 263 g/mol. The van der Waals surface area contributed by atoms with Crippen LogP contribution in [0, 0.1) is 0 Å². The third-order valence-corrected chi connectivity index (χ3v) is 3.48. The molecule has 2 unspecified atom stereocenters. The highest BCUT2D eigenvalue weighted by molar-refractivity contribution is 9.10. The van der Waals surface area contributed by atoms with E-state index in [0.29, 0.717) is 23.1 Å². The number of nitrogens with zero attached hydrogens (tertiary/aromatic N) is 3. The van der Waals surface area contributed by atoms with Gasteiger partial charge in [0.05, 0.1) is 0 Å². The van der Waals surface area contributed by atoms with Crippen molar-refractivity contribution in [2.75, 3.05) is 0 Å². The molecule has 1 aliphatic rings. The Labute approximate surface area is 96.1 Å². The molecule has 0 bridgehead atoms. The standard InChI is InChI=1S/C9H14BrFN4/c1-15-7(8(10)13-14-15)9(11)4-2-3-6(12)5-9/h6H,2-5,12H2,1H3. The number of hydrogen-bond donors (Lipinski definition) is 1. The molecule has 0 spiro atoms. The molecule has 0 saturated heterocycles. The Morgan fingerprint density at radius 3 is 2.93 bits per heavy atom. The van der Waals surface area contributed by atoms with Gasteiger partial charge in [-0.05, 0) is 35.2 Å². The Balaban J connectivity index is 2.36. The molecule has 84 valence electrons. The summed E-state index contributed by atoms with van der Waals surface area (Å²) in [6.07, 6.45) is 2.57. The van der Waals surface area contributed by atoms with E-state index in [2.05, 4.69) is 26.2 Å². The highest BCUT2D eigenvalue weighted by Gasteiger charge is 2.41. The van der Waals surface area contributed by atoms with Crippen LogP contribution in [0.3, 0.4) is 0 Å². The Morgan fingerprint density at radius 1 is 1.67 bits per heavy atom. The smallest absolute Gasteiger partial charge is 0.156 e. The van der Waals surface area contributed by atoms with Crippen molar-refractivity contribution in [3.05, 3.63) is 10.3 Å². The second kappa shape index (κ2) is 3.83. The molecule has 1 aromatic rings. The van der Waals surface area contributed by atoms with Gasteiger partial charge in [0.15, 0.2) is 10.3 Å². The van der Waals surface area contributed by atoms with Crippen LogP contribution in [0.4, 0.5) is 4.39 Å². The molecule has 2 N–H and O–H groups in total. The molecule has 0 aromatic carbocycles. The SMILES string of the molecule is Cn1nnc(Br)c1C1(F)CCCC(N)C1. The number of hydrogen-bond acceptors (Lipinski definition) is 3. The second-order valence-corrected chi connectivity index (χ2v) is 4.93. The first-order valence-corrected chi connectivity index (χ1v) is 5.82. The number of aromatic nitrogens is 3. The van der Waals surface area contributed by atoms with Gasteiger partial charge >= 0.3 is 0 Å². The molecule has 1 aliphatic carbocycles. The van der Waals surface area contributed by atoms with Crippen molar-refractivity contribution in [1.29, 1.82) is 0 Å². The first-order chi connectivity index (χ1) is 7.03. The van der Waals surface area contributed by atoms with Crippen LogP contribution >= 0.6 is 15.9 Å². The van der Waals surface area contributed by atoms with Crippen molar-refractivity contribution < 1.29 is 4.39 Å². The Hall–Kier alpha value is -0.490. The van der Waals surface area contributed by atoms with E-state index in [0.717, 1.165) is 12.8 Å². The fraction of sp³-hybridized carbons (Fsp3) is 0.778. The van der Waals surface area contributed by atoms with E-state index in [-0.39, 0.29) is 6.04 Å². The minimum absolute atomic E-state index is 0.0643. The van der Waals surface area contributed by atoms with Crippen LogP contribution in [0.25, 0.3) is 0 Å². The van der Waals surface area contributed by atoms with Crippen molar-refractivity contribution in [1.82, 2.24) is 15.0 Å². The number of halogens is 2. The van der Waals surface area contributed by atoms with Crippen LogP contribution in [-0.4, -0.2) is 21.0 Å². The summed E-state index contributed by atoms with van der Waals surface area (Å²) in [4.78, 5) is 0. The maximum atomic E-state index is 14.7. The van der Waals surface area contributed by atoms with Crippen molar-refractivity contribution in [3.63, 3.8) is 0 Å². The normalized spacial score (nSPS) is 31.9. The molecule has 2 atom stereocenters. The quantitative estimate of drug-likeness (QED) is 0.849. The zero-order valence-corrected chi connectivity index (χ0v) is 10.2. The van der Waals surface area contributed by atoms with Crippen LogP contribution in [-0.2, 0) is 12.7 Å². The van der Waals surface area contributed by atoms with E-state index < -0.39 is 5.67 Å². The van der Waals surface area contributed by atoms with Crippen LogP contribution in [0.15, 0.2) is 4.60 Å². The molecule has 2 rings (SSSR count). The number of nitrogens with two attached hydrogens (primary N) is 1. The molecule has 0 radical (unpaired) electrons. The fourth-order valence-electron chi connectivity index (χ4n) is 2.29. The van der Waals surface area contributed by atoms with E-state index >= 15 is 0 Å². The minimum Gasteiger partial charge on any atom is -0.328 e. The number of aryl methyl sites for hydroxylation is 1. The van der Waals surface area contributed by atoms with Gasteiger partial charge < -0.3 is 5.73 Å². The summed E-state index contributed by atoms with van der Waals surface area (Å²) < 4.78 is 16.7.